The largest absolute Gasteiger partial charge is 0.495 e. The SMILES string of the molecule is COc1cc(Nc2cc(F)ccc2C)c(F)cc1N. The van der Waals surface area contributed by atoms with Gasteiger partial charge in [-0.15, -0.1) is 0 Å². The summed E-state index contributed by atoms with van der Waals surface area (Å²) in [7, 11) is 1.45. The number of anilines is 3. The Labute approximate surface area is 110 Å². The molecule has 0 saturated carbocycles. The van der Waals surface area contributed by atoms with Gasteiger partial charge >= 0.3 is 0 Å². The predicted octanol–water partition coefficient (Wildman–Crippen LogP) is 3.61. The minimum absolute atomic E-state index is 0.180. The fraction of sp³-hybridized carbons (Fsp3) is 0.143. The van der Waals surface area contributed by atoms with Gasteiger partial charge in [0, 0.05) is 17.8 Å². The quantitative estimate of drug-likeness (QED) is 0.832. The molecule has 3 nitrogen and oxygen atoms in total. The smallest absolute Gasteiger partial charge is 0.148 e. The van der Waals surface area contributed by atoms with Crippen LogP contribution in [0.2, 0.25) is 0 Å². The monoisotopic (exact) mass is 264 g/mol. The number of benzene rings is 2. The molecule has 3 N–H and O–H groups in total. The predicted molar refractivity (Wildman–Crippen MR) is 71.8 cm³/mol. The third-order valence-corrected chi connectivity index (χ3v) is 2.79. The molecule has 5 heteroatoms. The van der Waals surface area contributed by atoms with Crippen molar-refractivity contribution in [3.05, 3.63) is 47.5 Å². The first-order valence-corrected chi connectivity index (χ1v) is 5.67. The normalized spacial score (nSPS) is 10.3. The third-order valence-electron chi connectivity index (χ3n) is 2.79. The molecule has 0 unspecified atom stereocenters. The summed E-state index contributed by atoms with van der Waals surface area (Å²) in [6.07, 6.45) is 0. The van der Waals surface area contributed by atoms with E-state index in [-0.39, 0.29) is 11.4 Å². The fourth-order valence-electron chi connectivity index (χ4n) is 1.72. The van der Waals surface area contributed by atoms with Crippen LogP contribution in [0.15, 0.2) is 30.3 Å². The summed E-state index contributed by atoms with van der Waals surface area (Å²) in [5.74, 6) is -0.559. The second kappa shape index (κ2) is 5.14. The van der Waals surface area contributed by atoms with Crippen molar-refractivity contribution < 1.29 is 13.5 Å². The van der Waals surface area contributed by atoms with E-state index in [9.17, 15) is 8.78 Å². The van der Waals surface area contributed by atoms with Gasteiger partial charge in [-0.1, -0.05) is 6.07 Å². The molecule has 0 aliphatic rings. The summed E-state index contributed by atoms with van der Waals surface area (Å²) in [6.45, 7) is 1.80. The summed E-state index contributed by atoms with van der Waals surface area (Å²) >= 11 is 0. The molecule has 0 aliphatic heterocycles. The van der Waals surface area contributed by atoms with Crippen LogP contribution >= 0.6 is 0 Å². The molecule has 2 rings (SSSR count). The number of hydrogen-bond donors (Lipinski definition) is 2. The number of hydrogen-bond acceptors (Lipinski definition) is 3. The Morgan fingerprint density at radius 3 is 2.53 bits per heavy atom. The number of methoxy groups -OCH3 is 1. The van der Waals surface area contributed by atoms with Gasteiger partial charge in [-0.25, -0.2) is 8.78 Å². The Morgan fingerprint density at radius 1 is 1.11 bits per heavy atom. The molecule has 0 bridgehead atoms. The van der Waals surface area contributed by atoms with Crippen molar-refractivity contribution in [1.82, 2.24) is 0 Å². The Balaban J connectivity index is 2.40. The maximum Gasteiger partial charge on any atom is 0.148 e. The van der Waals surface area contributed by atoms with Gasteiger partial charge in [0.15, 0.2) is 0 Å². The third kappa shape index (κ3) is 2.76. The highest BCUT2D eigenvalue weighted by atomic mass is 19.1. The maximum absolute atomic E-state index is 13.8. The topological polar surface area (TPSA) is 47.3 Å². The van der Waals surface area contributed by atoms with E-state index >= 15 is 0 Å². The van der Waals surface area contributed by atoms with Gasteiger partial charge in [0.25, 0.3) is 0 Å². The first-order chi connectivity index (χ1) is 9.01. The number of aryl methyl sites for hydroxylation is 1. The Morgan fingerprint density at radius 2 is 1.84 bits per heavy atom. The molecule has 0 saturated heterocycles. The molecule has 0 spiro atoms. The van der Waals surface area contributed by atoms with Crippen molar-refractivity contribution in [3.8, 4) is 5.75 Å². The highest BCUT2D eigenvalue weighted by molar-refractivity contribution is 5.69. The number of ether oxygens (including phenoxy) is 1. The highest BCUT2D eigenvalue weighted by Crippen LogP contribution is 2.31. The van der Waals surface area contributed by atoms with Gasteiger partial charge in [-0.2, -0.15) is 0 Å². The van der Waals surface area contributed by atoms with Gasteiger partial charge in [-0.3, -0.25) is 0 Å². The van der Waals surface area contributed by atoms with Crippen molar-refractivity contribution in [2.75, 3.05) is 18.2 Å². The highest BCUT2D eigenvalue weighted by Gasteiger charge is 2.10. The number of nitrogen functional groups attached to an aromatic ring is 1. The lowest BCUT2D eigenvalue weighted by Crippen LogP contribution is -2.00. The Hall–Kier alpha value is -2.30. The van der Waals surface area contributed by atoms with E-state index < -0.39 is 11.6 Å². The number of nitrogens with two attached hydrogens (primary N) is 1. The minimum Gasteiger partial charge on any atom is -0.495 e. The molecule has 0 radical (unpaired) electrons. The van der Waals surface area contributed by atoms with Crippen molar-refractivity contribution in [2.24, 2.45) is 0 Å². The molecule has 0 aliphatic carbocycles. The van der Waals surface area contributed by atoms with E-state index in [0.29, 0.717) is 11.4 Å². The van der Waals surface area contributed by atoms with Crippen molar-refractivity contribution in [1.29, 1.82) is 0 Å². The zero-order valence-corrected chi connectivity index (χ0v) is 10.6. The summed E-state index contributed by atoms with van der Waals surface area (Å²) < 4.78 is 32.0. The summed E-state index contributed by atoms with van der Waals surface area (Å²) in [5, 5.41) is 2.83. The molecular weight excluding hydrogens is 250 g/mol. The number of halogens is 2. The minimum atomic E-state index is -0.526. The van der Waals surface area contributed by atoms with Gasteiger partial charge in [0.2, 0.25) is 0 Å². The first kappa shape index (κ1) is 13.1. The van der Waals surface area contributed by atoms with E-state index in [4.69, 9.17) is 10.5 Å². The summed E-state index contributed by atoms with van der Waals surface area (Å²) in [4.78, 5) is 0. The molecule has 2 aromatic carbocycles. The van der Waals surface area contributed by atoms with Crippen LogP contribution in [0.5, 0.6) is 5.75 Å². The van der Waals surface area contributed by atoms with Gasteiger partial charge in [-0.05, 0) is 24.6 Å². The van der Waals surface area contributed by atoms with Crippen molar-refractivity contribution >= 4 is 17.1 Å². The van der Waals surface area contributed by atoms with Crippen LogP contribution in [0.4, 0.5) is 25.8 Å². The second-order valence-electron chi connectivity index (χ2n) is 4.16. The van der Waals surface area contributed by atoms with Gasteiger partial charge in [0.1, 0.15) is 17.4 Å². The van der Waals surface area contributed by atoms with Crippen LogP contribution in [0.3, 0.4) is 0 Å². The lowest BCUT2D eigenvalue weighted by Gasteiger charge is -2.13. The van der Waals surface area contributed by atoms with Gasteiger partial charge in [0.05, 0.1) is 18.5 Å². The first-order valence-electron chi connectivity index (χ1n) is 5.67. The van der Waals surface area contributed by atoms with E-state index in [1.54, 1.807) is 13.0 Å². The fourth-order valence-corrected chi connectivity index (χ4v) is 1.72. The molecule has 0 atom stereocenters. The molecule has 0 amide bonds. The maximum atomic E-state index is 13.8. The lowest BCUT2D eigenvalue weighted by atomic mass is 10.1. The standard InChI is InChI=1S/C14H14F2N2O/c1-8-3-4-9(15)5-12(8)18-13-7-14(19-2)11(17)6-10(13)16/h3-7,18H,17H2,1-2H3. The lowest BCUT2D eigenvalue weighted by molar-refractivity contribution is 0.416. The Bertz CT molecular complexity index is 615. The van der Waals surface area contributed by atoms with Crippen molar-refractivity contribution in [2.45, 2.75) is 6.92 Å². The van der Waals surface area contributed by atoms with Gasteiger partial charge < -0.3 is 15.8 Å². The van der Waals surface area contributed by atoms with E-state index in [0.717, 1.165) is 11.6 Å². The molecule has 2 aromatic rings. The van der Waals surface area contributed by atoms with Crippen LogP contribution < -0.4 is 15.8 Å². The molecule has 100 valence electrons. The average Bonchev–Trinajstić information content (AvgIpc) is 2.37. The molecular formula is C14H14F2N2O. The Kier molecular flexibility index (Phi) is 3.55. The van der Waals surface area contributed by atoms with Crippen molar-refractivity contribution in [3.63, 3.8) is 0 Å². The van der Waals surface area contributed by atoms with E-state index in [1.807, 2.05) is 0 Å². The number of rotatable bonds is 3. The van der Waals surface area contributed by atoms with E-state index in [1.165, 1.54) is 25.3 Å². The second-order valence-corrected chi connectivity index (χ2v) is 4.16. The summed E-state index contributed by atoms with van der Waals surface area (Å²) in [5.41, 5.74) is 7.28. The zero-order valence-electron chi connectivity index (χ0n) is 10.6. The van der Waals surface area contributed by atoms with Crippen LogP contribution in [0.1, 0.15) is 5.56 Å². The van der Waals surface area contributed by atoms with E-state index in [2.05, 4.69) is 5.32 Å². The molecule has 0 heterocycles. The zero-order chi connectivity index (χ0) is 14.0. The average molecular weight is 264 g/mol. The van der Waals surface area contributed by atoms with Crippen LogP contribution in [-0.2, 0) is 0 Å². The van der Waals surface area contributed by atoms with Crippen LogP contribution in [0, 0.1) is 18.6 Å². The molecule has 19 heavy (non-hydrogen) atoms. The van der Waals surface area contributed by atoms with Crippen LogP contribution in [-0.4, -0.2) is 7.11 Å². The molecule has 0 aromatic heterocycles. The van der Waals surface area contributed by atoms with Crippen LogP contribution in [0.25, 0.3) is 0 Å². The summed E-state index contributed by atoms with van der Waals surface area (Å²) in [6, 6.07) is 6.87. The number of nitrogens with one attached hydrogen (secondary N) is 1. The molecule has 0 fully saturated rings.